The number of nitrogens with one attached hydrogen (secondary N) is 1. The summed E-state index contributed by atoms with van der Waals surface area (Å²) in [7, 11) is 0. The number of ether oxygens (including phenoxy) is 1. The molecule has 1 aliphatic heterocycles. The maximum atomic E-state index is 6.35. The number of fused-ring (bicyclic) bond motifs is 1. The van der Waals surface area contributed by atoms with E-state index in [0.717, 1.165) is 49.5 Å². The number of rotatable bonds is 5. The van der Waals surface area contributed by atoms with Crippen molar-refractivity contribution in [3.8, 4) is 17.0 Å². The van der Waals surface area contributed by atoms with Crippen LogP contribution in [-0.2, 0) is 13.0 Å². The number of nitrogens with zero attached hydrogens (tertiary/aromatic N) is 2. The molecular formula is C17H22ClN3O. The van der Waals surface area contributed by atoms with Crippen molar-refractivity contribution >= 4 is 11.6 Å². The molecule has 1 aliphatic rings. The topological polar surface area (TPSA) is 41.1 Å². The Morgan fingerprint density at radius 2 is 2.23 bits per heavy atom. The quantitative estimate of drug-likeness (QED) is 0.908. The van der Waals surface area contributed by atoms with Gasteiger partial charge in [-0.3, -0.25) is 10.00 Å². The number of H-pyrrole nitrogens is 1. The van der Waals surface area contributed by atoms with Gasteiger partial charge in [-0.1, -0.05) is 25.4 Å². The van der Waals surface area contributed by atoms with Gasteiger partial charge in [-0.25, -0.2) is 0 Å². The van der Waals surface area contributed by atoms with Crippen LogP contribution in [0.3, 0.4) is 0 Å². The summed E-state index contributed by atoms with van der Waals surface area (Å²) in [5.74, 6) is 0.742. The standard InChI is InChI=1S/C17H22ClN3O/c1-3-9-22-16-6-5-12(10-14(16)18)17-13-11-21(4-2)8-7-15(13)19-20-17/h5-6,10H,3-4,7-9,11H2,1-2H3,(H,19,20). The van der Waals surface area contributed by atoms with E-state index in [1.165, 1.54) is 11.3 Å². The fourth-order valence-electron chi connectivity index (χ4n) is 2.84. The minimum atomic E-state index is 0.644. The lowest BCUT2D eigenvalue weighted by atomic mass is 10.0. The molecule has 2 aromatic rings. The van der Waals surface area contributed by atoms with Crippen LogP contribution in [0, 0.1) is 0 Å². The summed E-state index contributed by atoms with van der Waals surface area (Å²) in [5.41, 5.74) is 4.61. The summed E-state index contributed by atoms with van der Waals surface area (Å²) in [4.78, 5) is 2.43. The number of aromatic nitrogens is 2. The molecule has 2 heterocycles. The first-order chi connectivity index (χ1) is 10.7. The first kappa shape index (κ1) is 15.4. The second-order valence-corrected chi connectivity index (χ2v) is 6.05. The highest BCUT2D eigenvalue weighted by atomic mass is 35.5. The summed E-state index contributed by atoms with van der Waals surface area (Å²) in [5, 5.41) is 8.35. The highest BCUT2D eigenvalue weighted by Crippen LogP contribution is 2.33. The molecule has 118 valence electrons. The van der Waals surface area contributed by atoms with Gasteiger partial charge in [-0.2, -0.15) is 5.10 Å². The van der Waals surface area contributed by atoms with E-state index in [9.17, 15) is 0 Å². The number of aromatic amines is 1. The maximum Gasteiger partial charge on any atom is 0.137 e. The number of likely N-dealkylation sites (N-methyl/N-ethyl adjacent to an activating group) is 1. The Morgan fingerprint density at radius 1 is 1.36 bits per heavy atom. The lowest BCUT2D eigenvalue weighted by Gasteiger charge is -2.25. The Labute approximate surface area is 136 Å². The largest absolute Gasteiger partial charge is 0.492 e. The number of halogens is 1. The zero-order valence-electron chi connectivity index (χ0n) is 13.2. The Morgan fingerprint density at radius 3 is 2.95 bits per heavy atom. The van der Waals surface area contributed by atoms with E-state index in [2.05, 4.69) is 28.9 Å². The zero-order chi connectivity index (χ0) is 15.5. The molecule has 0 amide bonds. The van der Waals surface area contributed by atoms with Crippen LogP contribution in [0.4, 0.5) is 0 Å². The molecule has 0 bridgehead atoms. The number of hydrogen-bond acceptors (Lipinski definition) is 3. The molecule has 0 radical (unpaired) electrons. The van der Waals surface area contributed by atoms with E-state index >= 15 is 0 Å². The van der Waals surface area contributed by atoms with Gasteiger partial charge >= 0.3 is 0 Å². The van der Waals surface area contributed by atoms with Crippen LogP contribution in [0.2, 0.25) is 5.02 Å². The van der Waals surface area contributed by atoms with E-state index < -0.39 is 0 Å². The first-order valence-corrected chi connectivity index (χ1v) is 8.31. The van der Waals surface area contributed by atoms with Crippen LogP contribution in [-0.4, -0.2) is 34.8 Å². The van der Waals surface area contributed by atoms with Crippen molar-refractivity contribution in [3.05, 3.63) is 34.5 Å². The van der Waals surface area contributed by atoms with Gasteiger partial charge in [0.1, 0.15) is 5.75 Å². The highest BCUT2D eigenvalue weighted by molar-refractivity contribution is 6.32. The van der Waals surface area contributed by atoms with Gasteiger partial charge in [-0.15, -0.1) is 0 Å². The first-order valence-electron chi connectivity index (χ1n) is 7.94. The number of hydrogen-bond donors (Lipinski definition) is 1. The molecule has 1 aromatic heterocycles. The monoisotopic (exact) mass is 319 g/mol. The van der Waals surface area contributed by atoms with Gasteiger partial charge in [0.2, 0.25) is 0 Å². The SMILES string of the molecule is CCCOc1ccc(-c2n[nH]c3c2CN(CC)CC3)cc1Cl. The molecular weight excluding hydrogens is 298 g/mol. The molecule has 0 spiro atoms. The van der Waals surface area contributed by atoms with Crippen molar-refractivity contribution in [1.82, 2.24) is 15.1 Å². The van der Waals surface area contributed by atoms with Crippen LogP contribution in [0.15, 0.2) is 18.2 Å². The molecule has 5 heteroatoms. The van der Waals surface area contributed by atoms with Crippen molar-refractivity contribution in [2.45, 2.75) is 33.2 Å². The lowest BCUT2D eigenvalue weighted by Crippen LogP contribution is -2.30. The predicted octanol–water partition coefficient (Wildman–Crippen LogP) is 3.90. The Hall–Kier alpha value is -1.52. The molecule has 4 nitrogen and oxygen atoms in total. The smallest absolute Gasteiger partial charge is 0.137 e. The Bertz CT molecular complexity index is 653. The number of benzene rings is 1. The van der Waals surface area contributed by atoms with Crippen molar-refractivity contribution in [2.24, 2.45) is 0 Å². The molecule has 0 saturated heterocycles. The molecule has 0 unspecified atom stereocenters. The Kier molecular flexibility index (Phi) is 4.69. The van der Waals surface area contributed by atoms with Gasteiger partial charge in [0.05, 0.1) is 17.3 Å². The molecule has 1 N–H and O–H groups in total. The van der Waals surface area contributed by atoms with Crippen molar-refractivity contribution in [1.29, 1.82) is 0 Å². The maximum absolute atomic E-state index is 6.35. The van der Waals surface area contributed by atoms with Gasteiger partial charge in [0.25, 0.3) is 0 Å². The normalized spacial score (nSPS) is 14.9. The molecule has 0 atom stereocenters. The average Bonchev–Trinajstić information content (AvgIpc) is 2.96. The Balaban J connectivity index is 1.89. The van der Waals surface area contributed by atoms with Crippen LogP contribution >= 0.6 is 11.6 Å². The summed E-state index contributed by atoms with van der Waals surface area (Å²) >= 11 is 6.35. The third-order valence-electron chi connectivity index (χ3n) is 4.13. The average molecular weight is 320 g/mol. The molecule has 0 fully saturated rings. The fourth-order valence-corrected chi connectivity index (χ4v) is 3.07. The summed E-state index contributed by atoms with van der Waals surface area (Å²) < 4.78 is 5.64. The van der Waals surface area contributed by atoms with E-state index in [4.69, 9.17) is 16.3 Å². The molecule has 3 rings (SSSR count). The van der Waals surface area contributed by atoms with Crippen LogP contribution in [0.5, 0.6) is 5.75 Å². The van der Waals surface area contributed by atoms with Crippen molar-refractivity contribution in [2.75, 3.05) is 19.7 Å². The summed E-state index contributed by atoms with van der Waals surface area (Å²) in [6, 6.07) is 5.93. The highest BCUT2D eigenvalue weighted by Gasteiger charge is 2.22. The van der Waals surface area contributed by atoms with Gasteiger partial charge in [0, 0.05) is 36.3 Å². The van der Waals surface area contributed by atoms with Crippen molar-refractivity contribution < 1.29 is 4.74 Å². The molecule has 0 aliphatic carbocycles. The lowest BCUT2D eigenvalue weighted by molar-refractivity contribution is 0.267. The van der Waals surface area contributed by atoms with E-state index in [0.29, 0.717) is 11.6 Å². The van der Waals surface area contributed by atoms with Crippen LogP contribution < -0.4 is 4.74 Å². The third kappa shape index (κ3) is 2.99. The molecule has 22 heavy (non-hydrogen) atoms. The van der Waals surface area contributed by atoms with Gasteiger partial charge in [0.15, 0.2) is 0 Å². The third-order valence-corrected chi connectivity index (χ3v) is 4.42. The minimum absolute atomic E-state index is 0.644. The second kappa shape index (κ2) is 6.71. The van der Waals surface area contributed by atoms with Gasteiger partial charge in [-0.05, 0) is 31.2 Å². The second-order valence-electron chi connectivity index (χ2n) is 5.64. The fraction of sp³-hybridized carbons (Fsp3) is 0.471. The van der Waals surface area contributed by atoms with Crippen LogP contribution in [0.1, 0.15) is 31.5 Å². The van der Waals surface area contributed by atoms with Crippen LogP contribution in [0.25, 0.3) is 11.3 Å². The summed E-state index contributed by atoms with van der Waals surface area (Å²) in [6.45, 7) is 8.06. The van der Waals surface area contributed by atoms with E-state index in [-0.39, 0.29) is 0 Å². The zero-order valence-corrected chi connectivity index (χ0v) is 13.9. The predicted molar refractivity (Wildman–Crippen MR) is 89.5 cm³/mol. The summed E-state index contributed by atoms with van der Waals surface area (Å²) in [6.07, 6.45) is 2.00. The molecule has 1 aromatic carbocycles. The van der Waals surface area contributed by atoms with Gasteiger partial charge < -0.3 is 4.74 Å². The molecule has 0 saturated carbocycles. The van der Waals surface area contributed by atoms with Crippen molar-refractivity contribution in [3.63, 3.8) is 0 Å². The minimum Gasteiger partial charge on any atom is -0.492 e. The van der Waals surface area contributed by atoms with E-state index in [1.807, 2.05) is 18.2 Å². The van der Waals surface area contributed by atoms with E-state index in [1.54, 1.807) is 0 Å².